The normalized spacial score (nSPS) is 17.2. The second-order valence-electron chi connectivity index (χ2n) is 8.81. The molecule has 2 aromatic carbocycles. The lowest BCUT2D eigenvalue weighted by molar-refractivity contribution is -0.150. The molecule has 194 valence electrons. The number of likely N-dealkylation sites (tertiary alicyclic amines) is 1. The maximum absolute atomic E-state index is 15.0. The van der Waals surface area contributed by atoms with Crippen LogP contribution < -0.4 is 10.1 Å². The van der Waals surface area contributed by atoms with Gasteiger partial charge in [0.25, 0.3) is 0 Å². The van der Waals surface area contributed by atoms with Gasteiger partial charge in [0.15, 0.2) is 0 Å². The minimum atomic E-state index is -4.33. The van der Waals surface area contributed by atoms with Gasteiger partial charge >= 0.3 is 6.18 Å². The van der Waals surface area contributed by atoms with Gasteiger partial charge in [0.2, 0.25) is 0 Å². The summed E-state index contributed by atoms with van der Waals surface area (Å²) in [5.74, 6) is -1.19. The lowest BCUT2D eigenvalue weighted by Crippen LogP contribution is -2.45. The lowest BCUT2D eigenvalue weighted by Gasteiger charge is -2.33. The monoisotopic (exact) mass is 529 g/mol. The zero-order valence-corrected chi connectivity index (χ0v) is 20.3. The number of halogens is 5. The molecule has 0 aliphatic carbocycles. The van der Waals surface area contributed by atoms with Gasteiger partial charge in [-0.1, -0.05) is 0 Å². The largest absolute Gasteiger partial charge is 0.487 e. The number of piperidine rings is 1. The first-order chi connectivity index (χ1) is 16.9. The van der Waals surface area contributed by atoms with Crippen molar-refractivity contribution in [2.45, 2.75) is 25.1 Å². The third kappa shape index (κ3) is 6.78. The minimum absolute atomic E-state index is 0.0273. The molecule has 0 unspecified atom stereocenters. The maximum Gasteiger partial charge on any atom is 0.401 e. The topological polar surface area (TPSA) is 79.7 Å². The summed E-state index contributed by atoms with van der Waals surface area (Å²) in [5.41, 5.74) is 0.614. The number of hydrogen-bond acceptors (Lipinski definition) is 7. The van der Waals surface area contributed by atoms with Gasteiger partial charge in [-0.15, -0.1) is 0 Å². The average Bonchev–Trinajstić information content (AvgIpc) is 2.73. The first-order valence-corrected chi connectivity index (χ1v) is 13.3. The summed E-state index contributed by atoms with van der Waals surface area (Å²) in [6.07, 6.45) is 0.117. The van der Waals surface area contributed by atoms with Crippen molar-refractivity contribution >= 4 is 37.8 Å². The van der Waals surface area contributed by atoms with Gasteiger partial charge in [0.1, 0.15) is 35.6 Å². The second-order valence-corrected chi connectivity index (χ2v) is 11.4. The Balaban J connectivity index is 1.62. The molecule has 3 aromatic rings. The van der Waals surface area contributed by atoms with Crippen LogP contribution in [0.2, 0.25) is 0 Å². The van der Waals surface area contributed by atoms with E-state index in [1.165, 1.54) is 41.9 Å². The quantitative estimate of drug-likeness (QED) is 0.430. The van der Waals surface area contributed by atoms with E-state index >= 15 is 4.39 Å². The Hall–Kier alpha value is -3.06. The van der Waals surface area contributed by atoms with Gasteiger partial charge in [0.05, 0.1) is 28.8 Å². The number of benzene rings is 2. The number of alkyl halides is 3. The Bertz CT molecular complexity index is 1380. The third-order valence-electron chi connectivity index (χ3n) is 5.36. The predicted octanol–water partition coefficient (Wildman–Crippen LogP) is 5.42. The van der Waals surface area contributed by atoms with Crippen molar-refractivity contribution in [2.75, 3.05) is 37.5 Å². The molecule has 1 fully saturated rings. The van der Waals surface area contributed by atoms with Gasteiger partial charge < -0.3 is 10.1 Å². The van der Waals surface area contributed by atoms with E-state index < -0.39 is 40.2 Å². The van der Waals surface area contributed by atoms with Crippen LogP contribution in [0.5, 0.6) is 5.75 Å². The van der Waals surface area contributed by atoms with Crippen LogP contribution in [-0.2, 0) is 9.73 Å². The molecule has 0 amide bonds. The summed E-state index contributed by atoms with van der Waals surface area (Å²) in [6.45, 7) is -0.726. The van der Waals surface area contributed by atoms with E-state index in [2.05, 4.69) is 19.6 Å². The molecular weight excluding hydrogens is 505 g/mol. The second kappa shape index (κ2) is 10.1. The summed E-state index contributed by atoms with van der Waals surface area (Å²) >= 11 is 0. The highest BCUT2D eigenvalue weighted by Crippen LogP contribution is 2.34. The third-order valence-corrected chi connectivity index (χ3v) is 6.01. The Morgan fingerprint density at radius 3 is 2.69 bits per heavy atom. The Morgan fingerprint density at radius 1 is 1.19 bits per heavy atom. The maximum atomic E-state index is 15.0. The fourth-order valence-corrected chi connectivity index (χ4v) is 4.65. The predicted molar refractivity (Wildman–Crippen MR) is 127 cm³/mol. The molecule has 13 heteroatoms. The minimum Gasteiger partial charge on any atom is -0.487 e. The molecule has 0 bridgehead atoms. The number of anilines is 2. The van der Waals surface area contributed by atoms with Crippen molar-refractivity contribution in [3.63, 3.8) is 0 Å². The summed E-state index contributed by atoms with van der Waals surface area (Å²) in [4.78, 5) is 9.42. The molecule has 1 saturated heterocycles. The van der Waals surface area contributed by atoms with Gasteiger partial charge in [0, 0.05) is 40.9 Å². The van der Waals surface area contributed by atoms with E-state index in [1.54, 1.807) is 0 Å². The SMILES string of the molecule is CS(C)(=O)=Nc1cc(F)c2c(Nc3ccc(F)cc3O[C@@H]3CCCN(CC(F)(F)F)C3)ncnc2c1. The highest BCUT2D eigenvalue weighted by atomic mass is 32.2. The van der Waals surface area contributed by atoms with Crippen LogP contribution in [0.15, 0.2) is 41.0 Å². The molecule has 7 nitrogen and oxygen atoms in total. The Labute approximate surface area is 204 Å². The van der Waals surface area contributed by atoms with Crippen molar-refractivity contribution < 1.29 is 30.9 Å². The number of ether oxygens (including phenoxy) is 1. The smallest absolute Gasteiger partial charge is 0.401 e. The number of rotatable bonds is 6. The Kier molecular flexibility index (Phi) is 7.32. The highest BCUT2D eigenvalue weighted by Gasteiger charge is 2.33. The van der Waals surface area contributed by atoms with E-state index in [1.807, 2.05) is 0 Å². The number of aromatic nitrogens is 2. The molecule has 0 radical (unpaired) electrons. The lowest BCUT2D eigenvalue weighted by atomic mass is 10.1. The summed E-state index contributed by atoms with van der Waals surface area (Å²) in [5, 5.41) is 2.95. The fraction of sp³-hybridized carbons (Fsp3) is 0.391. The number of fused-ring (bicyclic) bond motifs is 1. The van der Waals surface area contributed by atoms with Crippen LogP contribution in [0.1, 0.15) is 12.8 Å². The first-order valence-electron chi connectivity index (χ1n) is 11.0. The average molecular weight is 530 g/mol. The zero-order chi connectivity index (χ0) is 26.1. The molecular formula is C23H24F5N5O2S. The van der Waals surface area contributed by atoms with Crippen molar-refractivity contribution in [3.05, 3.63) is 48.3 Å². The van der Waals surface area contributed by atoms with Crippen LogP contribution in [0.25, 0.3) is 10.9 Å². The highest BCUT2D eigenvalue weighted by molar-refractivity contribution is 7.92. The van der Waals surface area contributed by atoms with E-state index in [-0.39, 0.29) is 40.4 Å². The summed E-state index contributed by atoms with van der Waals surface area (Å²) in [6, 6.07) is 6.24. The number of nitrogens with zero attached hydrogens (tertiary/aromatic N) is 4. The molecule has 2 heterocycles. The van der Waals surface area contributed by atoms with Crippen molar-refractivity contribution in [2.24, 2.45) is 4.36 Å². The van der Waals surface area contributed by atoms with E-state index in [9.17, 15) is 21.8 Å². The van der Waals surface area contributed by atoms with Gasteiger partial charge in [-0.25, -0.2) is 23.0 Å². The number of nitrogens with one attached hydrogen (secondary N) is 1. The van der Waals surface area contributed by atoms with Crippen molar-refractivity contribution in [1.29, 1.82) is 0 Å². The molecule has 1 aromatic heterocycles. The molecule has 1 aliphatic heterocycles. The van der Waals surface area contributed by atoms with Crippen LogP contribution in [0.4, 0.5) is 39.1 Å². The molecule has 36 heavy (non-hydrogen) atoms. The molecule has 1 atom stereocenters. The van der Waals surface area contributed by atoms with Gasteiger partial charge in [-0.2, -0.15) is 17.5 Å². The molecule has 1 aliphatic rings. The number of hydrogen-bond donors (Lipinski definition) is 1. The van der Waals surface area contributed by atoms with Crippen molar-refractivity contribution in [3.8, 4) is 5.75 Å². The van der Waals surface area contributed by atoms with Crippen LogP contribution in [-0.4, -0.2) is 63.5 Å². The first kappa shape index (κ1) is 26.0. The molecule has 0 saturated carbocycles. The van der Waals surface area contributed by atoms with Crippen LogP contribution in [0.3, 0.4) is 0 Å². The van der Waals surface area contributed by atoms with Crippen LogP contribution >= 0.6 is 0 Å². The van der Waals surface area contributed by atoms with Crippen molar-refractivity contribution in [1.82, 2.24) is 14.9 Å². The fourth-order valence-electron chi connectivity index (χ4n) is 4.04. The molecule has 4 rings (SSSR count). The van der Waals surface area contributed by atoms with Gasteiger partial charge in [-0.05, 0) is 37.6 Å². The summed E-state index contributed by atoms with van der Waals surface area (Å²) < 4.78 is 89.4. The standard InChI is InChI=1S/C23H24F5N5O2S/c1-36(2,34)32-15-9-17(25)21-19(10-15)29-13-30-22(21)31-18-6-5-14(24)8-20(18)35-16-4-3-7-33(11-16)12-23(26,27)28/h5-6,8-10,13,16H,3-4,7,11-12H2,1-2H3,(H,29,30,31)/t16-/m1/s1. The van der Waals surface area contributed by atoms with Gasteiger partial charge in [-0.3, -0.25) is 4.90 Å². The zero-order valence-electron chi connectivity index (χ0n) is 19.5. The van der Waals surface area contributed by atoms with Crippen LogP contribution in [0, 0.1) is 11.6 Å². The summed E-state index contributed by atoms with van der Waals surface area (Å²) in [7, 11) is -2.53. The Morgan fingerprint density at radius 2 is 1.97 bits per heavy atom. The van der Waals surface area contributed by atoms with E-state index in [0.717, 1.165) is 12.1 Å². The van der Waals surface area contributed by atoms with E-state index in [0.29, 0.717) is 19.4 Å². The van der Waals surface area contributed by atoms with E-state index in [4.69, 9.17) is 4.74 Å². The molecule has 1 N–H and O–H groups in total. The molecule has 0 spiro atoms.